The average molecular weight is 184 g/mol. The van der Waals surface area contributed by atoms with Crippen LogP contribution >= 0.6 is 0 Å². The van der Waals surface area contributed by atoms with Crippen LogP contribution in [0.1, 0.15) is 20.3 Å². The van der Waals surface area contributed by atoms with Gasteiger partial charge in [0.25, 0.3) is 0 Å². The van der Waals surface area contributed by atoms with Crippen molar-refractivity contribution in [2.75, 3.05) is 0 Å². The third-order valence-corrected chi connectivity index (χ3v) is 1.88. The Morgan fingerprint density at radius 3 is 2.00 bits per heavy atom. The second kappa shape index (κ2) is 3.78. The summed E-state index contributed by atoms with van der Waals surface area (Å²) in [5.74, 6) is -4.49. The van der Waals surface area contributed by atoms with Gasteiger partial charge >= 0.3 is 12.1 Å². The van der Waals surface area contributed by atoms with E-state index >= 15 is 0 Å². The molecule has 0 aliphatic rings. The van der Waals surface area contributed by atoms with Gasteiger partial charge in [-0.1, -0.05) is 13.8 Å². The number of hydrogen-bond acceptors (Lipinski definition) is 1. The fourth-order valence-electron chi connectivity index (χ4n) is 0.970. The molecule has 5 heteroatoms. The molecule has 0 radical (unpaired) electrons. The van der Waals surface area contributed by atoms with Crippen LogP contribution in [-0.2, 0) is 4.79 Å². The van der Waals surface area contributed by atoms with Gasteiger partial charge < -0.3 is 5.11 Å². The number of hydrogen-bond donors (Lipinski definition) is 1. The molecule has 1 unspecified atom stereocenters. The van der Waals surface area contributed by atoms with Crippen molar-refractivity contribution in [3.05, 3.63) is 0 Å². The van der Waals surface area contributed by atoms with Gasteiger partial charge in [-0.25, -0.2) is 0 Å². The zero-order valence-corrected chi connectivity index (χ0v) is 6.85. The maximum absolute atomic E-state index is 12.0. The molecule has 0 saturated heterocycles. The smallest absolute Gasteiger partial charge is 0.392 e. The summed E-state index contributed by atoms with van der Waals surface area (Å²) in [6.07, 6.45) is -4.42. The minimum Gasteiger partial charge on any atom is -0.481 e. The third kappa shape index (κ3) is 2.71. The van der Waals surface area contributed by atoms with Crippen molar-refractivity contribution in [1.29, 1.82) is 0 Å². The molecule has 0 amide bonds. The van der Waals surface area contributed by atoms with Crippen LogP contribution in [-0.4, -0.2) is 17.3 Å². The molecule has 12 heavy (non-hydrogen) atoms. The molecule has 0 rings (SSSR count). The Kier molecular flexibility index (Phi) is 3.55. The van der Waals surface area contributed by atoms with E-state index in [-0.39, 0.29) is 6.42 Å². The molecular weight excluding hydrogens is 173 g/mol. The van der Waals surface area contributed by atoms with Gasteiger partial charge in [0.2, 0.25) is 0 Å². The highest BCUT2D eigenvalue weighted by Crippen LogP contribution is 2.33. The summed E-state index contributed by atoms with van der Waals surface area (Å²) in [6, 6.07) is 0. The lowest BCUT2D eigenvalue weighted by molar-refractivity contribution is -0.192. The van der Waals surface area contributed by atoms with Gasteiger partial charge in [-0.3, -0.25) is 4.79 Å². The lowest BCUT2D eigenvalue weighted by atomic mass is 9.91. The Morgan fingerprint density at radius 2 is 1.92 bits per heavy atom. The van der Waals surface area contributed by atoms with Crippen molar-refractivity contribution in [2.24, 2.45) is 11.8 Å². The summed E-state index contributed by atoms with van der Waals surface area (Å²) in [5, 5.41) is 8.41. The number of carboxylic acids is 1. The van der Waals surface area contributed by atoms with Gasteiger partial charge in [0.05, 0.1) is 11.8 Å². The predicted octanol–water partition coefficient (Wildman–Crippen LogP) is 2.30. The lowest BCUT2D eigenvalue weighted by Crippen LogP contribution is -2.32. The van der Waals surface area contributed by atoms with Gasteiger partial charge in [0.15, 0.2) is 0 Å². The Bertz CT molecular complexity index is 165. The zero-order valence-electron chi connectivity index (χ0n) is 6.85. The third-order valence-electron chi connectivity index (χ3n) is 1.88. The van der Waals surface area contributed by atoms with E-state index in [1.165, 1.54) is 6.92 Å². The molecule has 0 bridgehead atoms. The van der Waals surface area contributed by atoms with Crippen LogP contribution in [0.25, 0.3) is 0 Å². The highest BCUT2D eigenvalue weighted by Gasteiger charge is 2.43. The predicted molar refractivity (Wildman–Crippen MR) is 36.6 cm³/mol. The van der Waals surface area contributed by atoms with E-state index in [0.717, 1.165) is 6.92 Å². The molecule has 0 aromatic rings. The van der Waals surface area contributed by atoms with E-state index in [9.17, 15) is 18.0 Å². The summed E-state index contributed by atoms with van der Waals surface area (Å²) in [6.45, 7) is 2.32. The molecule has 0 saturated carbocycles. The zero-order chi connectivity index (χ0) is 9.94. The molecule has 72 valence electrons. The first-order valence-electron chi connectivity index (χ1n) is 3.60. The molecule has 2 atom stereocenters. The van der Waals surface area contributed by atoms with E-state index in [1.807, 2.05) is 0 Å². The number of carbonyl (C=O) groups is 1. The first kappa shape index (κ1) is 11.3. The topological polar surface area (TPSA) is 37.3 Å². The average Bonchev–Trinajstić information content (AvgIpc) is 1.86. The Morgan fingerprint density at radius 1 is 1.50 bits per heavy atom. The van der Waals surface area contributed by atoms with E-state index in [1.54, 1.807) is 0 Å². The molecule has 0 heterocycles. The highest BCUT2D eigenvalue weighted by molar-refractivity contribution is 5.70. The quantitative estimate of drug-likeness (QED) is 0.730. The van der Waals surface area contributed by atoms with Crippen LogP contribution in [0.4, 0.5) is 13.2 Å². The molecule has 0 aromatic carbocycles. The fourth-order valence-corrected chi connectivity index (χ4v) is 0.970. The normalized spacial score (nSPS) is 17.1. The van der Waals surface area contributed by atoms with Crippen LogP contribution in [0.3, 0.4) is 0 Å². The van der Waals surface area contributed by atoms with Crippen molar-refractivity contribution in [3.63, 3.8) is 0 Å². The molecule has 2 nitrogen and oxygen atoms in total. The Labute approximate surface area is 68.4 Å². The first-order valence-corrected chi connectivity index (χ1v) is 3.60. The van der Waals surface area contributed by atoms with E-state index < -0.39 is 24.0 Å². The fraction of sp³-hybridized carbons (Fsp3) is 0.857. The number of rotatable bonds is 3. The standard InChI is InChI=1S/C7H11F3O2/c1-3-5(6(11)12)4(2)7(8,9)10/h4-5H,3H2,1-2H3,(H,11,12)/t4-,5?/m1/s1. The molecule has 0 aliphatic heterocycles. The van der Waals surface area contributed by atoms with Crippen molar-refractivity contribution in [1.82, 2.24) is 0 Å². The summed E-state index contributed by atoms with van der Waals surface area (Å²) in [7, 11) is 0. The molecule has 0 fully saturated rings. The van der Waals surface area contributed by atoms with Gasteiger partial charge in [0.1, 0.15) is 0 Å². The largest absolute Gasteiger partial charge is 0.481 e. The number of carboxylic acid groups (broad SMARTS) is 1. The second-order valence-electron chi connectivity index (χ2n) is 2.68. The summed E-state index contributed by atoms with van der Waals surface area (Å²) in [5.41, 5.74) is 0. The van der Waals surface area contributed by atoms with Crippen molar-refractivity contribution < 1.29 is 23.1 Å². The molecule has 0 aromatic heterocycles. The van der Waals surface area contributed by atoms with E-state index in [2.05, 4.69) is 0 Å². The molecular formula is C7H11F3O2. The minimum absolute atomic E-state index is 0.00396. The number of halogens is 3. The first-order chi connectivity index (χ1) is 5.30. The SMILES string of the molecule is CCC(C(=O)O)[C@@H](C)C(F)(F)F. The number of aliphatic carboxylic acids is 1. The summed E-state index contributed by atoms with van der Waals surface area (Å²) < 4.78 is 35.9. The maximum atomic E-state index is 12.0. The highest BCUT2D eigenvalue weighted by atomic mass is 19.4. The number of alkyl halides is 3. The summed E-state index contributed by atoms with van der Waals surface area (Å²) >= 11 is 0. The maximum Gasteiger partial charge on any atom is 0.392 e. The van der Waals surface area contributed by atoms with Crippen LogP contribution in [0.15, 0.2) is 0 Å². The van der Waals surface area contributed by atoms with Gasteiger partial charge in [-0.2, -0.15) is 13.2 Å². The van der Waals surface area contributed by atoms with Crippen molar-refractivity contribution in [2.45, 2.75) is 26.4 Å². The van der Waals surface area contributed by atoms with Crippen LogP contribution in [0, 0.1) is 11.8 Å². The molecule has 0 spiro atoms. The summed E-state index contributed by atoms with van der Waals surface area (Å²) in [4.78, 5) is 10.3. The second-order valence-corrected chi connectivity index (χ2v) is 2.68. The van der Waals surface area contributed by atoms with E-state index in [4.69, 9.17) is 5.11 Å². The van der Waals surface area contributed by atoms with E-state index in [0.29, 0.717) is 0 Å². The Hall–Kier alpha value is -0.740. The molecule has 0 aliphatic carbocycles. The van der Waals surface area contributed by atoms with Crippen molar-refractivity contribution in [3.8, 4) is 0 Å². The minimum atomic E-state index is -4.42. The van der Waals surface area contributed by atoms with Crippen molar-refractivity contribution >= 4 is 5.97 Å². The van der Waals surface area contributed by atoms with Gasteiger partial charge in [-0.15, -0.1) is 0 Å². The lowest BCUT2D eigenvalue weighted by Gasteiger charge is -2.21. The van der Waals surface area contributed by atoms with Crippen LogP contribution < -0.4 is 0 Å². The molecule has 1 N–H and O–H groups in total. The monoisotopic (exact) mass is 184 g/mol. The van der Waals surface area contributed by atoms with Gasteiger partial charge in [-0.05, 0) is 6.42 Å². The Balaban J connectivity index is 4.42. The van der Waals surface area contributed by atoms with Gasteiger partial charge in [0, 0.05) is 0 Å². The van der Waals surface area contributed by atoms with Crippen LogP contribution in [0.5, 0.6) is 0 Å². The van der Waals surface area contributed by atoms with Crippen LogP contribution in [0.2, 0.25) is 0 Å².